The summed E-state index contributed by atoms with van der Waals surface area (Å²) in [5.74, 6) is 1.13. The van der Waals surface area contributed by atoms with Crippen LogP contribution in [0.5, 0.6) is 0 Å². The second-order valence-corrected chi connectivity index (χ2v) is 6.73. The van der Waals surface area contributed by atoms with Gasteiger partial charge in [-0.3, -0.25) is 14.4 Å². The predicted molar refractivity (Wildman–Crippen MR) is 96.0 cm³/mol. The Morgan fingerprint density at radius 3 is 2.81 bits per heavy atom. The van der Waals surface area contributed by atoms with Crippen LogP contribution in [0.15, 0.2) is 41.1 Å². The molecule has 0 spiro atoms. The number of anilines is 1. The maximum atomic E-state index is 13.2. The summed E-state index contributed by atoms with van der Waals surface area (Å²) in [7, 11) is 0. The van der Waals surface area contributed by atoms with Crippen LogP contribution in [0.1, 0.15) is 60.5 Å². The van der Waals surface area contributed by atoms with Crippen LogP contribution >= 0.6 is 0 Å². The van der Waals surface area contributed by atoms with Gasteiger partial charge in [-0.05, 0) is 24.6 Å². The first kappa shape index (κ1) is 16.5. The lowest BCUT2D eigenvalue weighted by Gasteiger charge is -2.22. The fourth-order valence-electron chi connectivity index (χ4n) is 3.23. The molecular formula is C19H21N5O2. The van der Waals surface area contributed by atoms with Gasteiger partial charge in [0.05, 0.1) is 0 Å². The number of benzene rings is 1. The van der Waals surface area contributed by atoms with Crippen molar-refractivity contribution in [3.63, 3.8) is 0 Å². The zero-order valence-corrected chi connectivity index (χ0v) is 15.1. The Balaban J connectivity index is 1.74. The lowest BCUT2D eigenvalue weighted by molar-refractivity contribution is 0.0969. The normalized spacial score (nSPS) is 16.3. The molecule has 2 aromatic heterocycles. The minimum absolute atomic E-state index is 0.156. The van der Waals surface area contributed by atoms with Gasteiger partial charge < -0.3 is 4.52 Å². The van der Waals surface area contributed by atoms with E-state index in [9.17, 15) is 4.79 Å². The number of rotatable bonds is 4. The molecule has 7 nitrogen and oxygen atoms in total. The van der Waals surface area contributed by atoms with Crippen molar-refractivity contribution in [3.05, 3.63) is 59.5 Å². The molecule has 134 valence electrons. The highest BCUT2D eigenvalue weighted by molar-refractivity contribution is 6.06. The van der Waals surface area contributed by atoms with Crippen molar-refractivity contribution in [1.29, 1.82) is 0 Å². The lowest BCUT2D eigenvalue weighted by atomic mass is 10.1. The maximum absolute atomic E-state index is 13.2. The summed E-state index contributed by atoms with van der Waals surface area (Å²) in [6.07, 6.45) is 2.46. The van der Waals surface area contributed by atoms with E-state index in [0.717, 1.165) is 11.3 Å². The number of nitrogens with zero attached hydrogens (tertiary/aromatic N) is 5. The van der Waals surface area contributed by atoms with E-state index in [1.165, 1.54) is 0 Å². The summed E-state index contributed by atoms with van der Waals surface area (Å²) in [6.45, 7) is 6.73. The standard InChI is InChI=1S/C19H21N5O2/c1-4-23-10-9-14(21-23)19(25)24-15-8-6-5-7-13(15)11-16(24)18-20-17(12(2)3)22-26-18/h5-10,12,16H,4,11H2,1-3H3. The first-order chi connectivity index (χ1) is 12.6. The Morgan fingerprint density at radius 1 is 1.31 bits per heavy atom. The SMILES string of the molecule is CCn1ccc(C(=O)N2c3ccccc3CC2c2nc(C(C)C)no2)n1. The van der Waals surface area contributed by atoms with Crippen molar-refractivity contribution in [2.75, 3.05) is 4.90 Å². The fourth-order valence-corrected chi connectivity index (χ4v) is 3.23. The van der Waals surface area contributed by atoms with Crippen molar-refractivity contribution in [2.45, 2.75) is 45.7 Å². The van der Waals surface area contributed by atoms with Crippen LogP contribution < -0.4 is 4.90 Å². The molecule has 1 aromatic carbocycles. The van der Waals surface area contributed by atoms with Crippen LogP contribution in [-0.2, 0) is 13.0 Å². The molecule has 0 N–H and O–H groups in total. The Morgan fingerprint density at radius 2 is 2.12 bits per heavy atom. The third-order valence-corrected chi connectivity index (χ3v) is 4.64. The van der Waals surface area contributed by atoms with Crippen molar-refractivity contribution in [2.24, 2.45) is 0 Å². The van der Waals surface area contributed by atoms with Crippen molar-refractivity contribution in [3.8, 4) is 0 Å². The molecule has 1 aliphatic heterocycles. The zero-order chi connectivity index (χ0) is 18.3. The summed E-state index contributed by atoms with van der Waals surface area (Å²) in [5, 5.41) is 8.43. The van der Waals surface area contributed by atoms with Crippen LogP contribution in [0.2, 0.25) is 0 Å². The quantitative estimate of drug-likeness (QED) is 0.720. The number of aryl methyl sites for hydroxylation is 1. The number of hydrogen-bond acceptors (Lipinski definition) is 5. The molecule has 7 heteroatoms. The molecule has 26 heavy (non-hydrogen) atoms. The van der Waals surface area contributed by atoms with Crippen LogP contribution in [0.4, 0.5) is 5.69 Å². The van der Waals surface area contributed by atoms with E-state index in [-0.39, 0.29) is 17.9 Å². The van der Waals surface area contributed by atoms with Gasteiger partial charge in [-0.2, -0.15) is 10.1 Å². The van der Waals surface area contributed by atoms with E-state index in [2.05, 4.69) is 15.2 Å². The van der Waals surface area contributed by atoms with E-state index in [0.29, 0.717) is 30.4 Å². The minimum Gasteiger partial charge on any atom is -0.337 e. The van der Waals surface area contributed by atoms with Crippen LogP contribution in [0.3, 0.4) is 0 Å². The molecule has 3 heterocycles. The average Bonchev–Trinajstić information content (AvgIpc) is 3.37. The summed E-state index contributed by atoms with van der Waals surface area (Å²) >= 11 is 0. The highest BCUT2D eigenvalue weighted by atomic mass is 16.5. The average molecular weight is 351 g/mol. The number of fused-ring (bicyclic) bond motifs is 1. The largest absolute Gasteiger partial charge is 0.337 e. The number of carbonyl (C=O) groups is 1. The van der Waals surface area contributed by atoms with E-state index in [1.807, 2.05) is 51.2 Å². The van der Waals surface area contributed by atoms with E-state index in [1.54, 1.807) is 15.6 Å². The van der Waals surface area contributed by atoms with Crippen molar-refractivity contribution >= 4 is 11.6 Å². The Kier molecular flexibility index (Phi) is 4.06. The van der Waals surface area contributed by atoms with Gasteiger partial charge in [0.1, 0.15) is 6.04 Å². The highest BCUT2D eigenvalue weighted by Crippen LogP contribution is 2.40. The molecule has 0 saturated carbocycles. The molecule has 0 bridgehead atoms. The summed E-state index contributed by atoms with van der Waals surface area (Å²) in [6, 6.07) is 9.32. The van der Waals surface area contributed by atoms with Crippen LogP contribution in [-0.4, -0.2) is 25.8 Å². The van der Waals surface area contributed by atoms with Gasteiger partial charge in [-0.25, -0.2) is 0 Å². The minimum atomic E-state index is -0.313. The van der Waals surface area contributed by atoms with Gasteiger partial charge in [0.2, 0.25) is 5.89 Å². The van der Waals surface area contributed by atoms with Crippen LogP contribution in [0.25, 0.3) is 0 Å². The van der Waals surface area contributed by atoms with Crippen LogP contribution in [0, 0.1) is 0 Å². The first-order valence-corrected chi connectivity index (χ1v) is 8.87. The molecule has 0 aliphatic carbocycles. The van der Waals surface area contributed by atoms with E-state index >= 15 is 0 Å². The molecule has 3 aromatic rings. The predicted octanol–water partition coefficient (Wildman–Crippen LogP) is 3.35. The van der Waals surface area contributed by atoms with Gasteiger partial charge >= 0.3 is 0 Å². The number of para-hydroxylation sites is 1. The smallest absolute Gasteiger partial charge is 0.279 e. The molecule has 4 rings (SSSR count). The molecule has 1 unspecified atom stereocenters. The lowest BCUT2D eigenvalue weighted by Crippen LogP contribution is -2.32. The Hall–Kier alpha value is -2.96. The molecule has 1 amide bonds. The second-order valence-electron chi connectivity index (χ2n) is 6.73. The van der Waals surface area contributed by atoms with Gasteiger partial charge in [-0.1, -0.05) is 37.2 Å². The molecular weight excluding hydrogens is 330 g/mol. The summed E-state index contributed by atoms with van der Waals surface area (Å²) < 4.78 is 7.25. The topological polar surface area (TPSA) is 77.0 Å². The third kappa shape index (κ3) is 2.69. The fraction of sp³-hybridized carbons (Fsp3) is 0.368. The number of carbonyl (C=O) groups excluding carboxylic acids is 1. The summed E-state index contributed by atoms with van der Waals surface area (Å²) in [4.78, 5) is 19.5. The second kappa shape index (κ2) is 6.40. The Bertz CT molecular complexity index is 943. The van der Waals surface area contributed by atoms with E-state index < -0.39 is 0 Å². The summed E-state index contributed by atoms with van der Waals surface area (Å²) in [5.41, 5.74) is 2.38. The van der Waals surface area contributed by atoms with Gasteiger partial charge in [0.15, 0.2) is 11.5 Å². The maximum Gasteiger partial charge on any atom is 0.279 e. The van der Waals surface area contributed by atoms with Crippen molar-refractivity contribution in [1.82, 2.24) is 19.9 Å². The van der Waals surface area contributed by atoms with Gasteiger partial charge in [0, 0.05) is 30.8 Å². The molecule has 0 saturated heterocycles. The molecule has 1 aliphatic rings. The third-order valence-electron chi connectivity index (χ3n) is 4.64. The Labute approximate surface area is 151 Å². The number of hydrogen-bond donors (Lipinski definition) is 0. The van der Waals surface area contributed by atoms with Gasteiger partial charge in [-0.15, -0.1) is 0 Å². The van der Waals surface area contributed by atoms with E-state index in [4.69, 9.17) is 4.52 Å². The number of aromatic nitrogens is 4. The zero-order valence-electron chi connectivity index (χ0n) is 15.1. The van der Waals surface area contributed by atoms with Gasteiger partial charge in [0.25, 0.3) is 5.91 Å². The van der Waals surface area contributed by atoms with Crippen molar-refractivity contribution < 1.29 is 9.32 Å². The highest BCUT2D eigenvalue weighted by Gasteiger charge is 2.39. The molecule has 0 fully saturated rings. The first-order valence-electron chi connectivity index (χ1n) is 8.87. The monoisotopic (exact) mass is 351 g/mol. The number of amides is 1. The molecule has 0 radical (unpaired) electrons. The molecule has 1 atom stereocenters.